The molecule has 0 amide bonds. The molecule has 1 heterocycles. The lowest BCUT2D eigenvalue weighted by Gasteiger charge is -2.33. The van der Waals surface area contributed by atoms with Crippen molar-refractivity contribution in [3.8, 4) is 5.75 Å². The van der Waals surface area contributed by atoms with Gasteiger partial charge in [0.1, 0.15) is 11.9 Å². The third-order valence-electron chi connectivity index (χ3n) is 3.75. The van der Waals surface area contributed by atoms with Crippen molar-refractivity contribution in [3.05, 3.63) is 64.6 Å². The molecule has 1 saturated heterocycles. The number of ether oxygens (including phenoxy) is 1. The Bertz CT molecular complexity index is 541. The zero-order valence-electron chi connectivity index (χ0n) is 11.3. The van der Waals surface area contributed by atoms with E-state index >= 15 is 0 Å². The predicted molar refractivity (Wildman–Crippen MR) is 85.2 cm³/mol. The maximum Gasteiger partial charge on any atom is 0.119 e. The molecular formula is C17H18BrNO. The summed E-state index contributed by atoms with van der Waals surface area (Å²) >= 11 is 3.45. The molecular weight excluding hydrogens is 314 g/mol. The fourth-order valence-electron chi connectivity index (χ4n) is 2.70. The van der Waals surface area contributed by atoms with Crippen molar-refractivity contribution in [2.75, 3.05) is 13.1 Å². The second-order valence-electron chi connectivity index (χ2n) is 5.12. The van der Waals surface area contributed by atoms with Gasteiger partial charge in [-0.25, -0.2) is 0 Å². The van der Waals surface area contributed by atoms with E-state index in [0.29, 0.717) is 5.92 Å². The zero-order chi connectivity index (χ0) is 13.8. The van der Waals surface area contributed by atoms with Crippen LogP contribution in [0.15, 0.2) is 59.1 Å². The van der Waals surface area contributed by atoms with Gasteiger partial charge in [-0.2, -0.15) is 0 Å². The summed E-state index contributed by atoms with van der Waals surface area (Å²) in [6, 6.07) is 18.7. The van der Waals surface area contributed by atoms with E-state index in [2.05, 4.69) is 51.6 Å². The molecule has 3 rings (SSSR count). The van der Waals surface area contributed by atoms with Gasteiger partial charge in [0.25, 0.3) is 0 Å². The number of piperidine rings is 1. The van der Waals surface area contributed by atoms with Gasteiger partial charge in [-0.15, -0.1) is 0 Å². The van der Waals surface area contributed by atoms with Gasteiger partial charge in [-0.1, -0.05) is 46.3 Å². The lowest BCUT2D eigenvalue weighted by atomic mass is 9.89. The van der Waals surface area contributed by atoms with E-state index in [4.69, 9.17) is 4.74 Å². The van der Waals surface area contributed by atoms with Crippen LogP contribution in [0.3, 0.4) is 0 Å². The monoisotopic (exact) mass is 331 g/mol. The van der Waals surface area contributed by atoms with Crippen LogP contribution < -0.4 is 10.1 Å². The summed E-state index contributed by atoms with van der Waals surface area (Å²) in [5.41, 5.74) is 1.35. The topological polar surface area (TPSA) is 21.3 Å². The Balaban J connectivity index is 1.77. The molecule has 0 aromatic heterocycles. The van der Waals surface area contributed by atoms with Gasteiger partial charge < -0.3 is 10.1 Å². The van der Waals surface area contributed by atoms with E-state index in [9.17, 15) is 0 Å². The first-order valence-electron chi connectivity index (χ1n) is 7.01. The van der Waals surface area contributed by atoms with Crippen molar-refractivity contribution >= 4 is 15.9 Å². The highest BCUT2D eigenvalue weighted by molar-refractivity contribution is 9.10. The standard InChI is InChI=1S/C17H18BrNO/c18-14-6-8-15(9-7-14)20-17-10-11-19-12-16(17)13-4-2-1-3-5-13/h1-9,16-17,19H,10-12H2/t16-,17-/m0/s1. The Labute approximate surface area is 128 Å². The highest BCUT2D eigenvalue weighted by Crippen LogP contribution is 2.28. The summed E-state index contributed by atoms with van der Waals surface area (Å²) in [5, 5.41) is 3.47. The van der Waals surface area contributed by atoms with Gasteiger partial charge in [-0.05, 0) is 42.8 Å². The van der Waals surface area contributed by atoms with Gasteiger partial charge in [0.2, 0.25) is 0 Å². The van der Waals surface area contributed by atoms with Crippen LogP contribution in [-0.2, 0) is 0 Å². The first kappa shape index (κ1) is 13.7. The first-order chi connectivity index (χ1) is 9.83. The highest BCUT2D eigenvalue weighted by atomic mass is 79.9. The van der Waals surface area contributed by atoms with E-state index in [-0.39, 0.29) is 6.10 Å². The fourth-order valence-corrected chi connectivity index (χ4v) is 2.96. The van der Waals surface area contributed by atoms with Crippen LogP contribution >= 0.6 is 15.9 Å². The number of hydrogen-bond acceptors (Lipinski definition) is 2. The first-order valence-corrected chi connectivity index (χ1v) is 7.80. The summed E-state index contributed by atoms with van der Waals surface area (Å²) in [4.78, 5) is 0. The number of nitrogens with one attached hydrogen (secondary N) is 1. The molecule has 0 saturated carbocycles. The molecule has 104 valence electrons. The normalized spacial score (nSPS) is 22.4. The minimum Gasteiger partial charge on any atom is -0.490 e. The maximum absolute atomic E-state index is 6.22. The average Bonchev–Trinajstić information content (AvgIpc) is 2.51. The number of hydrogen-bond donors (Lipinski definition) is 1. The highest BCUT2D eigenvalue weighted by Gasteiger charge is 2.27. The Hall–Kier alpha value is -1.32. The second-order valence-corrected chi connectivity index (χ2v) is 6.04. The smallest absolute Gasteiger partial charge is 0.119 e. The molecule has 1 aliphatic heterocycles. The fraction of sp³-hybridized carbons (Fsp3) is 0.294. The lowest BCUT2D eigenvalue weighted by molar-refractivity contribution is 0.138. The summed E-state index contributed by atoms with van der Waals surface area (Å²) in [6.45, 7) is 2.00. The third kappa shape index (κ3) is 3.22. The lowest BCUT2D eigenvalue weighted by Crippen LogP contribution is -2.41. The van der Waals surface area contributed by atoms with Crippen LogP contribution in [0.1, 0.15) is 17.9 Å². The van der Waals surface area contributed by atoms with Crippen molar-refractivity contribution in [1.82, 2.24) is 5.32 Å². The molecule has 1 aliphatic rings. The Kier molecular flexibility index (Phi) is 4.38. The van der Waals surface area contributed by atoms with Crippen LogP contribution in [0.2, 0.25) is 0 Å². The molecule has 1 N–H and O–H groups in total. The summed E-state index contributed by atoms with van der Waals surface area (Å²) < 4.78 is 7.29. The number of rotatable bonds is 3. The summed E-state index contributed by atoms with van der Waals surface area (Å²) in [7, 11) is 0. The van der Waals surface area contributed by atoms with Gasteiger partial charge in [-0.3, -0.25) is 0 Å². The quantitative estimate of drug-likeness (QED) is 0.918. The third-order valence-corrected chi connectivity index (χ3v) is 4.28. The van der Waals surface area contributed by atoms with Gasteiger partial charge in [0.05, 0.1) is 0 Å². The molecule has 0 aliphatic carbocycles. The van der Waals surface area contributed by atoms with Crippen LogP contribution in [-0.4, -0.2) is 19.2 Å². The van der Waals surface area contributed by atoms with Crippen molar-refractivity contribution in [1.29, 1.82) is 0 Å². The average molecular weight is 332 g/mol. The van der Waals surface area contributed by atoms with Gasteiger partial charge in [0, 0.05) is 16.9 Å². The molecule has 0 unspecified atom stereocenters. The molecule has 2 nitrogen and oxygen atoms in total. The second kappa shape index (κ2) is 6.42. The minimum atomic E-state index is 0.236. The minimum absolute atomic E-state index is 0.236. The predicted octanol–water partition coefficient (Wildman–Crippen LogP) is 3.97. The Morgan fingerprint density at radius 3 is 2.50 bits per heavy atom. The van der Waals surface area contributed by atoms with E-state index in [1.165, 1.54) is 5.56 Å². The van der Waals surface area contributed by atoms with Gasteiger partial charge in [0.15, 0.2) is 0 Å². The van der Waals surface area contributed by atoms with E-state index in [0.717, 1.165) is 29.7 Å². The molecule has 0 bridgehead atoms. The van der Waals surface area contributed by atoms with Crippen LogP contribution in [0.4, 0.5) is 0 Å². The van der Waals surface area contributed by atoms with Crippen molar-refractivity contribution < 1.29 is 4.74 Å². The summed E-state index contributed by atoms with van der Waals surface area (Å²) in [6.07, 6.45) is 1.27. The largest absolute Gasteiger partial charge is 0.490 e. The van der Waals surface area contributed by atoms with E-state index in [1.54, 1.807) is 0 Å². The van der Waals surface area contributed by atoms with Crippen molar-refractivity contribution in [2.45, 2.75) is 18.4 Å². The van der Waals surface area contributed by atoms with E-state index in [1.807, 2.05) is 24.3 Å². The molecule has 0 radical (unpaired) electrons. The molecule has 2 aromatic rings. The van der Waals surface area contributed by atoms with Gasteiger partial charge >= 0.3 is 0 Å². The molecule has 2 atom stereocenters. The van der Waals surface area contributed by atoms with Crippen molar-refractivity contribution in [3.63, 3.8) is 0 Å². The molecule has 0 spiro atoms. The zero-order valence-corrected chi connectivity index (χ0v) is 12.8. The van der Waals surface area contributed by atoms with Crippen LogP contribution in [0.25, 0.3) is 0 Å². The molecule has 20 heavy (non-hydrogen) atoms. The van der Waals surface area contributed by atoms with Crippen LogP contribution in [0.5, 0.6) is 5.75 Å². The Morgan fingerprint density at radius 2 is 1.75 bits per heavy atom. The summed E-state index contributed by atoms with van der Waals surface area (Å²) in [5.74, 6) is 1.36. The Morgan fingerprint density at radius 1 is 1.00 bits per heavy atom. The maximum atomic E-state index is 6.22. The number of halogens is 1. The molecule has 1 fully saturated rings. The molecule has 3 heteroatoms. The number of benzene rings is 2. The molecule has 2 aromatic carbocycles. The van der Waals surface area contributed by atoms with E-state index < -0.39 is 0 Å². The van der Waals surface area contributed by atoms with Crippen molar-refractivity contribution in [2.24, 2.45) is 0 Å². The van der Waals surface area contributed by atoms with Crippen LogP contribution in [0, 0.1) is 0 Å². The SMILES string of the molecule is Brc1ccc(O[C@H]2CCNC[C@H]2c2ccccc2)cc1.